The summed E-state index contributed by atoms with van der Waals surface area (Å²) in [6.45, 7) is 5.34. The number of carbonyl (C=O) groups is 2. The van der Waals surface area contributed by atoms with Crippen LogP contribution in [-0.2, 0) is 4.79 Å². The Labute approximate surface area is 163 Å². The van der Waals surface area contributed by atoms with Gasteiger partial charge in [-0.1, -0.05) is 11.6 Å². The summed E-state index contributed by atoms with van der Waals surface area (Å²) in [5.41, 5.74) is 0. The third kappa shape index (κ3) is 3.78. The number of nitrogens with zero attached hydrogens (tertiary/aromatic N) is 2. The molecule has 3 fully saturated rings. The van der Waals surface area contributed by atoms with Crippen molar-refractivity contribution < 1.29 is 9.59 Å². The molecule has 0 saturated carbocycles. The van der Waals surface area contributed by atoms with Gasteiger partial charge in [0.05, 0.1) is 9.21 Å². The molecule has 0 aromatic carbocycles. The van der Waals surface area contributed by atoms with Crippen molar-refractivity contribution in [3.05, 3.63) is 21.3 Å². The van der Waals surface area contributed by atoms with Crippen molar-refractivity contribution in [3.63, 3.8) is 0 Å². The van der Waals surface area contributed by atoms with E-state index < -0.39 is 0 Å². The van der Waals surface area contributed by atoms with Crippen LogP contribution in [0.4, 0.5) is 0 Å². The number of amides is 2. The van der Waals surface area contributed by atoms with Crippen LogP contribution in [0.1, 0.15) is 35.4 Å². The largest absolute Gasteiger partial charge is 0.342 e. The fourth-order valence-electron chi connectivity index (χ4n) is 4.61. The zero-order valence-electron chi connectivity index (χ0n) is 15.0. The lowest BCUT2D eigenvalue weighted by atomic mass is 9.92. The second-order valence-electron chi connectivity index (χ2n) is 7.75. The van der Waals surface area contributed by atoms with E-state index in [-0.39, 0.29) is 11.8 Å². The van der Waals surface area contributed by atoms with Crippen molar-refractivity contribution in [2.75, 3.05) is 39.3 Å². The van der Waals surface area contributed by atoms with Gasteiger partial charge < -0.3 is 15.1 Å². The van der Waals surface area contributed by atoms with Crippen LogP contribution in [0.15, 0.2) is 12.1 Å². The molecule has 3 saturated heterocycles. The lowest BCUT2D eigenvalue weighted by Crippen LogP contribution is -2.44. The average Bonchev–Trinajstić information content (AvgIpc) is 3.25. The van der Waals surface area contributed by atoms with Gasteiger partial charge in [-0.3, -0.25) is 9.59 Å². The van der Waals surface area contributed by atoms with Crippen molar-refractivity contribution in [2.24, 2.45) is 17.8 Å². The van der Waals surface area contributed by atoms with E-state index in [2.05, 4.69) is 10.2 Å². The monoisotopic (exact) mass is 395 g/mol. The number of hydrogen-bond donors (Lipinski definition) is 1. The Kier molecular flexibility index (Phi) is 5.53. The van der Waals surface area contributed by atoms with Gasteiger partial charge in [-0.2, -0.15) is 0 Å². The molecule has 3 aliphatic rings. The highest BCUT2D eigenvalue weighted by Crippen LogP contribution is 2.30. The minimum absolute atomic E-state index is 0.0443. The molecule has 2 atom stereocenters. The molecular weight excluding hydrogens is 370 g/mol. The van der Waals surface area contributed by atoms with Crippen molar-refractivity contribution >= 4 is 34.8 Å². The molecule has 26 heavy (non-hydrogen) atoms. The molecule has 2 amide bonds. The number of piperidine rings is 1. The van der Waals surface area contributed by atoms with Crippen LogP contribution in [0.5, 0.6) is 0 Å². The van der Waals surface area contributed by atoms with Gasteiger partial charge in [0.15, 0.2) is 0 Å². The van der Waals surface area contributed by atoms with E-state index in [1.807, 2.05) is 4.90 Å². The molecule has 0 spiro atoms. The van der Waals surface area contributed by atoms with Crippen molar-refractivity contribution in [1.29, 1.82) is 0 Å². The Morgan fingerprint density at radius 2 is 1.58 bits per heavy atom. The Morgan fingerprint density at radius 3 is 2.15 bits per heavy atom. The summed E-state index contributed by atoms with van der Waals surface area (Å²) in [4.78, 5) is 30.1. The maximum Gasteiger partial charge on any atom is 0.263 e. The van der Waals surface area contributed by atoms with Gasteiger partial charge in [-0.25, -0.2) is 0 Å². The molecule has 1 N–H and O–H groups in total. The van der Waals surface area contributed by atoms with Crippen LogP contribution in [0.2, 0.25) is 4.34 Å². The van der Waals surface area contributed by atoms with Crippen LogP contribution in [0.25, 0.3) is 0 Å². The van der Waals surface area contributed by atoms with Crippen LogP contribution >= 0.6 is 22.9 Å². The molecular formula is C19H26ClN3O2S. The standard InChI is InChI=1S/C19H26ClN3O2S/c20-17-2-1-16(26-17)19(25)23-7-3-13(4-8-23)18(24)22-9-5-14-11-21-12-15(14)6-10-22/h1-2,13-15,21H,3-12H2/t14-,15+. The summed E-state index contributed by atoms with van der Waals surface area (Å²) in [6, 6.07) is 3.55. The Hall–Kier alpha value is -1.11. The SMILES string of the molecule is O=C(c1ccc(Cl)s1)N1CCC(C(=O)N2CC[C@@H]3CNC[C@@H]3CC2)CC1. The predicted octanol–water partition coefficient (Wildman–Crippen LogP) is 2.71. The smallest absolute Gasteiger partial charge is 0.263 e. The summed E-state index contributed by atoms with van der Waals surface area (Å²) >= 11 is 7.26. The number of halogens is 1. The van der Waals surface area contributed by atoms with Gasteiger partial charge in [0.1, 0.15) is 0 Å². The molecule has 1 aromatic heterocycles. The molecule has 1 aromatic rings. The third-order valence-electron chi connectivity index (χ3n) is 6.25. The summed E-state index contributed by atoms with van der Waals surface area (Å²) in [6.07, 6.45) is 3.79. The highest BCUT2D eigenvalue weighted by Gasteiger charge is 2.35. The quantitative estimate of drug-likeness (QED) is 0.837. The Balaban J connectivity index is 1.30. The second-order valence-corrected chi connectivity index (χ2v) is 9.47. The first kappa shape index (κ1) is 18.3. The minimum Gasteiger partial charge on any atom is -0.342 e. The predicted molar refractivity (Wildman–Crippen MR) is 104 cm³/mol. The molecule has 5 nitrogen and oxygen atoms in total. The molecule has 0 aliphatic carbocycles. The van der Waals surface area contributed by atoms with Crippen molar-refractivity contribution in [2.45, 2.75) is 25.7 Å². The normalized spacial score (nSPS) is 27.3. The summed E-state index contributed by atoms with van der Waals surface area (Å²) in [7, 11) is 0. The van der Waals surface area contributed by atoms with Gasteiger partial charge in [0.2, 0.25) is 5.91 Å². The fourth-order valence-corrected chi connectivity index (χ4v) is 5.62. The first-order valence-corrected chi connectivity index (χ1v) is 10.9. The number of rotatable bonds is 2. The molecule has 4 rings (SSSR count). The molecule has 142 valence electrons. The topological polar surface area (TPSA) is 52.7 Å². The van der Waals surface area contributed by atoms with Crippen molar-refractivity contribution in [1.82, 2.24) is 15.1 Å². The summed E-state index contributed by atoms with van der Waals surface area (Å²) in [5, 5.41) is 3.48. The van der Waals surface area contributed by atoms with Crippen LogP contribution < -0.4 is 5.32 Å². The number of thiophene rings is 1. The van der Waals surface area contributed by atoms with E-state index in [1.165, 1.54) is 11.3 Å². The first-order valence-electron chi connectivity index (χ1n) is 9.66. The molecule has 3 aliphatic heterocycles. The van der Waals surface area contributed by atoms with E-state index in [0.717, 1.165) is 63.7 Å². The van der Waals surface area contributed by atoms with E-state index in [9.17, 15) is 9.59 Å². The number of nitrogens with one attached hydrogen (secondary N) is 1. The molecule has 0 unspecified atom stereocenters. The Bertz CT molecular complexity index is 657. The number of fused-ring (bicyclic) bond motifs is 1. The van der Waals surface area contributed by atoms with Gasteiger partial charge in [0, 0.05) is 32.1 Å². The van der Waals surface area contributed by atoms with E-state index in [1.54, 1.807) is 12.1 Å². The van der Waals surface area contributed by atoms with Gasteiger partial charge in [0.25, 0.3) is 5.91 Å². The van der Waals surface area contributed by atoms with Crippen LogP contribution in [0.3, 0.4) is 0 Å². The minimum atomic E-state index is 0.0443. The third-order valence-corrected chi connectivity index (χ3v) is 7.47. The number of likely N-dealkylation sites (tertiary alicyclic amines) is 2. The van der Waals surface area contributed by atoms with Gasteiger partial charge >= 0.3 is 0 Å². The zero-order chi connectivity index (χ0) is 18.1. The van der Waals surface area contributed by atoms with E-state index in [4.69, 9.17) is 11.6 Å². The molecule has 0 bridgehead atoms. The Morgan fingerprint density at radius 1 is 0.962 bits per heavy atom. The maximum absolute atomic E-state index is 13.0. The highest BCUT2D eigenvalue weighted by molar-refractivity contribution is 7.17. The lowest BCUT2D eigenvalue weighted by Gasteiger charge is -2.34. The maximum atomic E-state index is 13.0. The number of carbonyl (C=O) groups excluding carboxylic acids is 2. The molecule has 0 radical (unpaired) electrons. The lowest BCUT2D eigenvalue weighted by molar-refractivity contribution is -0.136. The van der Waals surface area contributed by atoms with Crippen LogP contribution in [0, 0.1) is 17.8 Å². The summed E-state index contributed by atoms with van der Waals surface area (Å²) in [5.74, 6) is 1.91. The van der Waals surface area contributed by atoms with Gasteiger partial charge in [-0.05, 0) is 62.7 Å². The van der Waals surface area contributed by atoms with E-state index >= 15 is 0 Å². The molecule has 4 heterocycles. The van der Waals surface area contributed by atoms with E-state index in [0.29, 0.717) is 28.2 Å². The second kappa shape index (κ2) is 7.87. The average molecular weight is 396 g/mol. The summed E-state index contributed by atoms with van der Waals surface area (Å²) < 4.78 is 0.638. The fraction of sp³-hybridized carbons (Fsp3) is 0.684. The van der Waals surface area contributed by atoms with Crippen molar-refractivity contribution in [3.8, 4) is 0 Å². The molecule has 7 heteroatoms. The first-order chi connectivity index (χ1) is 12.6. The highest BCUT2D eigenvalue weighted by atomic mass is 35.5. The van der Waals surface area contributed by atoms with Crippen LogP contribution in [-0.4, -0.2) is 60.9 Å². The number of hydrogen-bond acceptors (Lipinski definition) is 4. The zero-order valence-corrected chi connectivity index (χ0v) is 16.5. The van der Waals surface area contributed by atoms with Gasteiger partial charge in [-0.15, -0.1) is 11.3 Å².